The number of rotatable bonds is 5. The Morgan fingerprint density at radius 1 is 1.46 bits per heavy atom. The molecule has 6 heteroatoms. The number of primary amides is 1. The molecule has 130 valence electrons. The molecule has 0 aliphatic heterocycles. The second-order valence-corrected chi connectivity index (χ2v) is 6.49. The molecule has 0 fully saturated rings. The molecule has 2 rings (SSSR count). The van der Waals surface area contributed by atoms with Crippen molar-refractivity contribution in [2.24, 2.45) is 5.73 Å². The molecule has 0 heterocycles. The van der Waals surface area contributed by atoms with Crippen molar-refractivity contribution in [2.45, 2.75) is 31.8 Å². The first-order valence-electron chi connectivity index (χ1n) is 7.73. The van der Waals surface area contributed by atoms with Crippen LogP contribution in [0.3, 0.4) is 0 Å². The van der Waals surface area contributed by atoms with Gasteiger partial charge in [0.2, 0.25) is 0 Å². The lowest BCUT2D eigenvalue weighted by molar-refractivity contribution is 0.110. The summed E-state index contributed by atoms with van der Waals surface area (Å²) in [6.07, 6.45) is 4.15. The first kappa shape index (κ1) is 18.4. The number of halogens is 1. The van der Waals surface area contributed by atoms with Crippen LogP contribution in [0.15, 0.2) is 47.7 Å². The molecule has 0 saturated heterocycles. The molecule has 1 aliphatic carbocycles. The molecule has 5 nitrogen and oxygen atoms in total. The standard InChI is InChI=1S/C18H23ClN2O3/c1-12(13-4-6-15(19)7-5-13)21(17(20)23)18(2)9-8-16(24-3)10-14(18)11-22/h4-8,10,12,22H,9,11H2,1-3H3,(H2,20,23)/t12-,18?/m0/s1. The van der Waals surface area contributed by atoms with Gasteiger partial charge in [-0.3, -0.25) is 0 Å². The first-order valence-corrected chi connectivity index (χ1v) is 8.11. The summed E-state index contributed by atoms with van der Waals surface area (Å²) in [6, 6.07) is 6.47. The van der Waals surface area contributed by atoms with Crippen LogP contribution in [0.2, 0.25) is 5.02 Å². The van der Waals surface area contributed by atoms with Gasteiger partial charge in [-0.25, -0.2) is 4.79 Å². The fourth-order valence-electron chi connectivity index (χ4n) is 3.18. The van der Waals surface area contributed by atoms with Crippen molar-refractivity contribution in [3.8, 4) is 0 Å². The predicted octanol–water partition coefficient (Wildman–Crippen LogP) is 3.39. The van der Waals surface area contributed by atoms with E-state index in [-0.39, 0.29) is 12.6 Å². The molecule has 0 spiro atoms. The summed E-state index contributed by atoms with van der Waals surface area (Å²) in [7, 11) is 1.57. The zero-order valence-corrected chi connectivity index (χ0v) is 14.9. The summed E-state index contributed by atoms with van der Waals surface area (Å²) in [5.41, 5.74) is 6.57. The van der Waals surface area contributed by atoms with Crippen molar-refractivity contribution < 1.29 is 14.6 Å². The molecule has 3 N–H and O–H groups in total. The van der Waals surface area contributed by atoms with E-state index in [0.717, 1.165) is 5.56 Å². The number of carbonyl (C=O) groups is 1. The minimum absolute atomic E-state index is 0.186. The van der Waals surface area contributed by atoms with Crippen LogP contribution in [-0.2, 0) is 4.74 Å². The number of carbonyl (C=O) groups excluding carboxylic acids is 1. The normalized spacial score (nSPS) is 21.5. The van der Waals surface area contributed by atoms with Crippen LogP contribution in [0, 0.1) is 0 Å². The van der Waals surface area contributed by atoms with Crippen molar-refractivity contribution in [3.05, 3.63) is 58.3 Å². The Hall–Kier alpha value is -1.98. The van der Waals surface area contributed by atoms with Gasteiger partial charge in [0.15, 0.2) is 0 Å². The van der Waals surface area contributed by atoms with Crippen LogP contribution in [0.1, 0.15) is 31.9 Å². The summed E-state index contributed by atoms with van der Waals surface area (Å²) in [4.78, 5) is 13.9. The van der Waals surface area contributed by atoms with Crippen molar-refractivity contribution >= 4 is 17.6 Å². The number of nitrogens with two attached hydrogens (primary N) is 1. The van der Waals surface area contributed by atoms with Crippen molar-refractivity contribution in [1.29, 1.82) is 0 Å². The molecule has 0 bridgehead atoms. The monoisotopic (exact) mass is 350 g/mol. The Balaban J connectivity index is 2.43. The maximum atomic E-state index is 12.3. The highest BCUT2D eigenvalue weighted by molar-refractivity contribution is 6.30. The molecule has 1 aliphatic rings. The fraction of sp³-hybridized carbons (Fsp3) is 0.389. The number of allylic oxidation sites excluding steroid dienone is 1. The number of urea groups is 1. The van der Waals surface area contributed by atoms with E-state index in [1.54, 1.807) is 30.2 Å². The van der Waals surface area contributed by atoms with E-state index in [4.69, 9.17) is 22.1 Å². The van der Waals surface area contributed by atoms with E-state index in [9.17, 15) is 9.90 Å². The quantitative estimate of drug-likeness (QED) is 0.854. The Kier molecular flexibility index (Phi) is 5.57. The average Bonchev–Trinajstić information content (AvgIpc) is 2.55. The highest BCUT2D eigenvalue weighted by Gasteiger charge is 2.41. The summed E-state index contributed by atoms with van der Waals surface area (Å²) in [6.45, 7) is 3.62. The van der Waals surface area contributed by atoms with E-state index in [2.05, 4.69) is 0 Å². The van der Waals surface area contributed by atoms with Gasteiger partial charge in [0, 0.05) is 5.02 Å². The van der Waals surface area contributed by atoms with E-state index in [1.165, 1.54) is 0 Å². The van der Waals surface area contributed by atoms with Gasteiger partial charge in [0.05, 0.1) is 25.3 Å². The number of nitrogens with zero attached hydrogens (tertiary/aromatic N) is 1. The maximum absolute atomic E-state index is 12.3. The molecular formula is C18H23ClN2O3. The van der Waals surface area contributed by atoms with Gasteiger partial charge in [-0.15, -0.1) is 0 Å². The number of ether oxygens (including phenoxy) is 1. The van der Waals surface area contributed by atoms with Crippen molar-refractivity contribution in [3.63, 3.8) is 0 Å². The van der Waals surface area contributed by atoms with Gasteiger partial charge < -0.3 is 20.5 Å². The lowest BCUT2D eigenvalue weighted by atomic mass is 9.81. The number of benzene rings is 1. The van der Waals surface area contributed by atoms with Gasteiger partial charge in [-0.05, 0) is 55.7 Å². The Bertz CT molecular complexity index is 669. The van der Waals surface area contributed by atoms with E-state index < -0.39 is 11.6 Å². The van der Waals surface area contributed by atoms with Gasteiger partial charge >= 0.3 is 6.03 Å². The minimum atomic E-state index is -0.734. The summed E-state index contributed by atoms with van der Waals surface area (Å²) < 4.78 is 5.24. The molecule has 0 aromatic heterocycles. The second kappa shape index (κ2) is 7.28. The number of aliphatic hydroxyl groups excluding tert-OH is 1. The van der Waals surface area contributed by atoms with Gasteiger partial charge in [0.1, 0.15) is 5.76 Å². The number of amides is 2. The highest BCUT2D eigenvalue weighted by Crippen LogP contribution is 2.39. The lowest BCUT2D eigenvalue weighted by Gasteiger charge is -2.46. The van der Waals surface area contributed by atoms with Gasteiger partial charge in [-0.2, -0.15) is 0 Å². The smallest absolute Gasteiger partial charge is 0.316 e. The SMILES string of the molecule is COC1=CCC(C)(N(C(N)=O)[C@@H](C)c2ccc(Cl)cc2)C(CO)=C1. The molecule has 0 radical (unpaired) electrons. The van der Waals surface area contributed by atoms with Crippen LogP contribution in [-0.4, -0.2) is 35.3 Å². The van der Waals surface area contributed by atoms with Crippen LogP contribution in [0.4, 0.5) is 4.79 Å². The number of hydrogen-bond acceptors (Lipinski definition) is 3. The molecule has 2 atom stereocenters. The zero-order chi connectivity index (χ0) is 17.9. The van der Waals surface area contributed by atoms with E-state index in [0.29, 0.717) is 22.8 Å². The number of aliphatic hydroxyl groups is 1. The maximum Gasteiger partial charge on any atom is 0.316 e. The Labute approximate surface area is 147 Å². The largest absolute Gasteiger partial charge is 0.497 e. The lowest BCUT2D eigenvalue weighted by Crippen LogP contribution is -2.55. The third-order valence-corrected chi connectivity index (χ3v) is 4.88. The zero-order valence-electron chi connectivity index (χ0n) is 14.1. The van der Waals surface area contributed by atoms with Crippen LogP contribution >= 0.6 is 11.6 Å². The Morgan fingerprint density at radius 3 is 2.58 bits per heavy atom. The molecule has 1 unspecified atom stereocenters. The molecule has 0 saturated carbocycles. The van der Waals surface area contributed by atoms with E-state index in [1.807, 2.05) is 32.1 Å². The summed E-state index contributed by atoms with van der Waals surface area (Å²) in [5.74, 6) is 0.667. The van der Waals surface area contributed by atoms with E-state index >= 15 is 0 Å². The molecule has 24 heavy (non-hydrogen) atoms. The van der Waals surface area contributed by atoms with Crippen molar-refractivity contribution in [1.82, 2.24) is 4.90 Å². The van der Waals surface area contributed by atoms with Crippen LogP contribution < -0.4 is 5.73 Å². The third-order valence-electron chi connectivity index (χ3n) is 4.62. The predicted molar refractivity (Wildman–Crippen MR) is 94.6 cm³/mol. The molecule has 1 aromatic carbocycles. The average molecular weight is 351 g/mol. The van der Waals surface area contributed by atoms with Crippen LogP contribution in [0.5, 0.6) is 0 Å². The Morgan fingerprint density at radius 2 is 2.08 bits per heavy atom. The first-order chi connectivity index (χ1) is 11.3. The third kappa shape index (κ3) is 3.42. The fourth-order valence-corrected chi connectivity index (χ4v) is 3.31. The summed E-state index contributed by atoms with van der Waals surface area (Å²) >= 11 is 5.94. The summed E-state index contributed by atoms with van der Waals surface area (Å²) in [5, 5.41) is 10.4. The topological polar surface area (TPSA) is 75.8 Å². The van der Waals surface area contributed by atoms with Gasteiger partial charge in [0.25, 0.3) is 0 Å². The minimum Gasteiger partial charge on any atom is -0.497 e. The second-order valence-electron chi connectivity index (χ2n) is 6.05. The van der Waals surface area contributed by atoms with Crippen LogP contribution in [0.25, 0.3) is 0 Å². The van der Waals surface area contributed by atoms with Crippen molar-refractivity contribution in [2.75, 3.05) is 13.7 Å². The van der Waals surface area contributed by atoms with Gasteiger partial charge in [-0.1, -0.05) is 23.7 Å². The molecular weight excluding hydrogens is 328 g/mol. The number of methoxy groups -OCH3 is 1. The highest BCUT2D eigenvalue weighted by atomic mass is 35.5. The molecule has 2 amide bonds. The number of hydrogen-bond donors (Lipinski definition) is 2. The molecule has 1 aromatic rings.